The molecule has 0 aromatic carbocycles. The second-order valence-corrected chi connectivity index (χ2v) is 7.48. The van der Waals surface area contributed by atoms with Crippen LogP contribution in [0.15, 0.2) is 16.5 Å². The van der Waals surface area contributed by atoms with Gasteiger partial charge >= 0.3 is 5.97 Å². The van der Waals surface area contributed by atoms with E-state index < -0.39 is 5.97 Å². The molecule has 1 aliphatic carbocycles. The van der Waals surface area contributed by atoms with Gasteiger partial charge in [-0.2, -0.15) is 5.10 Å². The summed E-state index contributed by atoms with van der Waals surface area (Å²) in [6, 6.07) is 3.29. The molecular weight excluding hydrogens is 322 g/mol. The van der Waals surface area contributed by atoms with Crippen LogP contribution in [0.2, 0.25) is 0 Å². The van der Waals surface area contributed by atoms with Gasteiger partial charge in [-0.25, -0.2) is 4.79 Å². The summed E-state index contributed by atoms with van der Waals surface area (Å²) in [4.78, 5) is 23.5. The maximum absolute atomic E-state index is 12.4. The fourth-order valence-electron chi connectivity index (χ4n) is 2.81. The Morgan fingerprint density at radius 3 is 2.56 bits per heavy atom. The number of carboxylic acids is 1. The van der Waals surface area contributed by atoms with Crippen molar-refractivity contribution in [3.63, 3.8) is 0 Å². The molecule has 7 heteroatoms. The Morgan fingerprint density at radius 2 is 2.04 bits per heavy atom. The normalized spacial score (nSPS) is 14.6. The largest absolute Gasteiger partial charge is 0.478 e. The van der Waals surface area contributed by atoms with Gasteiger partial charge in [0.25, 0.3) is 5.91 Å². The summed E-state index contributed by atoms with van der Waals surface area (Å²) in [6.07, 6.45) is 2.26. The number of aryl methyl sites for hydroxylation is 1. The Morgan fingerprint density at radius 1 is 1.36 bits per heavy atom. The number of aromatic nitrogens is 2. The highest BCUT2D eigenvalue weighted by Gasteiger charge is 2.32. The molecule has 3 rings (SSSR count). The van der Waals surface area contributed by atoms with Gasteiger partial charge in [0.05, 0.1) is 12.1 Å². The fraction of sp³-hybridized carbons (Fsp3) is 0.500. The van der Waals surface area contributed by atoms with Crippen molar-refractivity contribution < 1.29 is 19.1 Å². The first-order chi connectivity index (χ1) is 11.7. The van der Waals surface area contributed by atoms with E-state index in [9.17, 15) is 9.59 Å². The number of furan rings is 1. The smallest absolute Gasteiger partial charge is 0.339 e. The molecule has 0 aliphatic heterocycles. The van der Waals surface area contributed by atoms with Gasteiger partial charge in [0.1, 0.15) is 22.8 Å². The minimum Gasteiger partial charge on any atom is -0.478 e. The van der Waals surface area contributed by atoms with Crippen molar-refractivity contribution in [2.45, 2.75) is 58.5 Å². The summed E-state index contributed by atoms with van der Waals surface area (Å²) in [7, 11) is 0. The molecule has 0 saturated heterocycles. The zero-order chi connectivity index (χ0) is 18.4. The molecule has 1 aliphatic rings. The van der Waals surface area contributed by atoms with E-state index >= 15 is 0 Å². The fourth-order valence-corrected chi connectivity index (χ4v) is 2.81. The van der Waals surface area contributed by atoms with Crippen molar-refractivity contribution in [2.75, 3.05) is 0 Å². The maximum atomic E-state index is 12.4. The molecule has 0 atom stereocenters. The number of carbonyl (C=O) groups is 2. The first kappa shape index (κ1) is 17.3. The van der Waals surface area contributed by atoms with Crippen molar-refractivity contribution in [2.24, 2.45) is 0 Å². The topological polar surface area (TPSA) is 97.4 Å². The molecule has 0 spiro atoms. The van der Waals surface area contributed by atoms with Crippen molar-refractivity contribution in [3.8, 4) is 0 Å². The minimum absolute atomic E-state index is 0.109. The Bertz CT molecular complexity index is 822. The van der Waals surface area contributed by atoms with Crippen molar-refractivity contribution in [1.29, 1.82) is 0 Å². The lowest BCUT2D eigenvalue weighted by Crippen LogP contribution is -2.27. The SMILES string of the molecule is Cc1oc(CNC(=O)c2cc(C3CC3)n(C(C)(C)C)n2)cc1C(=O)O. The number of hydrogen-bond acceptors (Lipinski definition) is 4. The van der Waals surface area contributed by atoms with Gasteiger partial charge in [-0.3, -0.25) is 9.48 Å². The monoisotopic (exact) mass is 345 g/mol. The first-order valence-corrected chi connectivity index (χ1v) is 8.38. The molecule has 2 aromatic heterocycles. The molecule has 2 heterocycles. The van der Waals surface area contributed by atoms with E-state index in [0.717, 1.165) is 18.5 Å². The maximum Gasteiger partial charge on any atom is 0.339 e. The molecule has 2 N–H and O–H groups in total. The quantitative estimate of drug-likeness (QED) is 0.868. The van der Waals surface area contributed by atoms with Gasteiger partial charge in [0.15, 0.2) is 0 Å². The van der Waals surface area contributed by atoms with E-state index in [0.29, 0.717) is 23.1 Å². The van der Waals surface area contributed by atoms with Gasteiger partial charge in [-0.15, -0.1) is 0 Å². The summed E-state index contributed by atoms with van der Waals surface area (Å²) in [5, 5.41) is 16.3. The summed E-state index contributed by atoms with van der Waals surface area (Å²) >= 11 is 0. The highest BCUT2D eigenvalue weighted by atomic mass is 16.4. The molecule has 7 nitrogen and oxygen atoms in total. The summed E-state index contributed by atoms with van der Waals surface area (Å²) in [5.74, 6) is -0.127. The minimum atomic E-state index is -1.04. The van der Waals surface area contributed by atoms with Crippen molar-refractivity contribution in [3.05, 3.63) is 40.6 Å². The van der Waals surface area contributed by atoms with Crippen LogP contribution in [-0.2, 0) is 12.1 Å². The first-order valence-electron chi connectivity index (χ1n) is 8.38. The van der Waals surface area contributed by atoms with E-state index in [-0.39, 0.29) is 23.6 Å². The summed E-state index contributed by atoms with van der Waals surface area (Å²) < 4.78 is 7.30. The molecule has 134 valence electrons. The van der Waals surface area contributed by atoms with E-state index in [4.69, 9.17) is 9.52 Å². The zero-order valence-corrected chi connectivity index (χ0v) is 14.9. The number of carbonyl (C=O) groups excluding carboxylic acids is 1. The Kier molecular flexibility index (Phi) is 4.18. The standard InChI is InChI=1S/C18H23N3O4/c1-10-13(17(23)24)7-12(25-10)9-19-16(22)14-8-15(11-5-6-11)21(20-14)18(2,3)4/h7-8,11H,5-6,9H2,1-4H3,(H,19,22)(H,23,24). The highest BCUT2D eigenvalue weighted by Crippen LogP contribution is 2.41. The number of hydrogen-bond donors (Lipinski definition) is 2. The Hall–Kier alpha value is -2.57. The lowest BCUT2D eigenvalue weighted by molar-refractivity contribution is 0.0694. The number of nitrogens with zero attached hydrogens (tertiary/aromatic N) is 2. The second kappa shape index (κ2) is 6.06. The third kappa shape index (κ3) is 3.60. The number of nitrogens with one attached hydrogen (secondary N) is 1. The second-order valence-electron chi connectivity index (χ2n) is 7.48. The van der Waals surface area contributed by atoms with Crippen LogP contribution in [0.5, 0.6) is 0 Å². The average molecular weight is 345 g/mol. The molecule has 1 fully saturated rings. The van der Waals surface area contributed by atoms with E-state index in [1.165, 1.54) is 6.07 Å². The van der Waals surface area contributed by atoms with Crippen LogP contribution < -0.4 is 5.32 Å². The lowest BCUT2D eigenvalue weighted by Gasteiger charge is -2.22. The number of rotatable bonds is 5. The highest BCUT2D eigenvalue weighted by molar-refractivity contribution is 5.92. The van der Waals surface area contributed by atoms with E-state index in [1.54, 1.807) is 6.92 Å². The van der Waals surface area contributed by atoms with Crippen LogP contribution in [0.3, 0.4) is 0 Å². The van der Waals surface area contributed by atoms with Crippen LogP contribution in [0.25, 0.3) is 0 Å². The van der Waals surface area contributed by atoms with Crippen molar-refractivity contribution in [1.82, 2.24) is 15.1 Å². The molecule has 0 bridgehead atoms. The summed E-state index contributed by atoms with van der Waals surface area (Å²) in [5.41, 5.74) is 1.39. The Balaban J connectivity index is 1.73. The van der Waals surface area contributed by atoms with Gasteiger partial charge in [0.2, 0.25) is 0 Å². The lowest BCUT2D eigenvalue weighted by atomic mass is 10.1. The molecule has 25 heavy (non-hydrogen) atoms. The third-order valence-corrected chi connectivity index (χ3v) is 4.22. The van der Waals surface area contributed by atoms with Crippen LogP contribution in [0.4, 0.5) is 0 Å². The van der Waals surface area contributed by atoms with Crippen molar-refractivity contribution >= 4 is 11.9 Å². The molecule has 0 unspecified atom stereocenters. The molecule has 0 radical (unpaired) electrons. The van der Waals surface area contributed by atoms with Gasteiger partial charge in [0, 0.05) is 11.6 Å². The third-order valence-electron chi connectivity index (χ3n) is 4.22. The van der Waals surface area contributed by atoms with Gasteiger partial charge in [-0.05, 0) is 52.7 Å². The summed E-state index contributed by atoms with van der Waals surface area (Å²) in [6.45, 7) is 7.89. The predicted molar refractivity (Wildman–Crippen MR) is 90.8 cm³/mol. The van der Waals surface area contributed by atoms with Crippen LogP contribution in [-0.4, -0.2) is 26.8 Å². The molecule has 1 saturated carbocycles. The average Bonchev–Trinajstić information content (AvgIpc) is 3.13. The van der Waals surface area contributed by atoms with E-state index in [1.807, 2.05) is 10.7 Å². The van der Waals surface area contributed by atoms with Crippen LogP contribution in [0, 0.1) is 6.92 Å². The molecule has 1 amide bonds. The predicted octanol–water partition coefficient (Wildman–Crippen LogP) is 3.05. The number of amides is 1. The zero-order valence-electron chi connectivity index (χ0n) is 14.9. The van der Waals surface area contributed by atoms with Gasteiger partial charge in [-0.1, -0.05) is 0 Å². The molecule has 2 aromatic rings. The van der Waals surface area contributed by atoms with E-state index in [2.05, 4.69) is 31.2 Å². The number of carboxylic acid groups (broad SMARTS) is 1. The van der Waals surface area contributed by atoms with Crippen LogP contribution >= 0.6 is 0 Å². The Labute approximate surface area is 146 Å². The number of aromatic carboxylic acids is 1. The molecular formula is C18H23N3O4. The van der Waals surface area contributed by atoms with Crippen LogP contribution in [0.1, 0.15) is 77.6 Å². The van der Waals surface area contributed by atoms with Gasteiger partial charge < -0.3 is 14.8 Å².